The topological polar surface area (TPSA) is 82.3 Å². The van der Waals surface area contributed by atoms with Crippen LogP contribution in [0.4, 0.5) is 5.82 Å². The Balaban J connectivity index is 2.08. The molecule has 4 rings (SSSR count). The summed E-state index contributed by atoms with van der Waals surface area (Å²) in [5.74, 6) is -0.585. The van der Waals surface area contributed by atoms with Gasteiger partial charge in [-0.1, -0.05) is 29.8 Å². The van der Waals surface area contributed by atoms with Gasteiger partial charge in [0.15, 0.2) is 0 Å². The summed E-state index contributed by atoms with van der Waals surface area (Å²) in [7, 11) is 3.04. The van der Waals surface area contributed by atoms with Crippen LogP contribution in [0.3, 0.4) is 0 Å². The highest BCUT2D eigenvalue weighted by molar-refractivity contribution is 5.96. The molecule has 7 nitrogen and oxygen atoms in total. The zero-order chi connectivity index (χ0) is 17.9. The van der Waals surface area contributed by atoms with Gasteiger partial charge in [-0.05, 0) is 12.5 Å². The van der Waals surface area contributed by atoms with E-state index >= 15 is 0 Å². The van der Waals surface area contributed by atoms with Crippen LogP contribution in [0, 0.1) is 6.92 Å². The lowest BCUT2D eigenvalue weighted by molar-refractivity contribution is -0.136. The first kappa shape index (κ1) is 15.4. The Hall–Kier alpha value is -3.09. The van der Waals surface area contributed by atoms with E-state index in [4.69, 9.17) is 4.74 Å². The van der Waals surface area contributed by atoms with Gasteiger partial charge in [0.25, 0.3) is 5.56 Å². The van der Waals surface area contributed by atoms with E-state index in [-0.39, 0.29) is 6.61 Å². The smallest absolute Gasteiger partial charge is 0.337 e. The number of fused-ring (bicyclic) bond motifs is 1. The molecule has 0 saturated carbocycles. The van der Waals surface area contributed by atoms with E-state index in [1.54, 1.807) is 7.05 Å². The molecule has 0 unspecified atom stereocenters. The van der Waals surface area contributed by atoms with Gasteiger partial charge >= 0.3 is 11.7 Å². The molecule has 0 aliphatic carbocycles. The summed E-state index contributed by atoms with van der Waals surface area (Å²) in [4.78, 5) is 37.5. The van der Waals surface area contributed by atoms with Crippen LogP contribution in [-0.4, -0.2) is 21.7 Å². The maximum absolute atomic E-state index is 12.9. The molecular weight excluding hydrogens is 322 g/mol. The summed E-state index contributed by atoms with van der Waals surface area (Å²) in [6, 6.07) is 7.67. The van der Waals surface area contributed by atoms with Crippen LogP contribution in [0.2, 0.25) is 0 Å². The molecule has 2 aromatic rings. The Morgan fingerprint density at radius 3 is 2.44 bits per heavy atom. The standard InChI is InChI=1S/C18H17N3O4/c1-9-4-6-10(7-5-9)12-13-11(8-25-17(13)23)19-15-14(12)16(22)21(3)18(24)20(15)2/h4-7,12,19H,8H2,1-3H3/t12-/m0/s1. The molecule has 0 spiro atoms. The maximum atomic E-state index is 12.9. The first-order chi connectivity index (χ1) is 11.9. The number of benzene rings is 1. The molecule has 7 heteroatoms. The molecule has 2 aliphatic heterocycles. The minimum atomic E-state index is -0.563. The number of aryl methyl sites for hydroxylation is 1. The van der Waals surface area contributed by atoms with Gasteiger partial charge in [-0.3, -0.25) is 13.9 Å². The number of nitrogens with zero attached hydrogens (tertiary/aromatic N) is 2. The molecule has 1 N–H and O–H groups in total. The first-order valence-electron chi connectivity index (χ1n) is 7.93. The summed E-state index contributed by atoms with van der Waals surface area (Å²) >= 11 is 0. The van der Waals surface area contributed by atoms with Gasteiger partial charge < -0.3 is 10.1 Å². The van der Waals surface area contributed by atoms with Crippen LogP contribution in [-0.2, 0) is 23.6 Å². The van der Waals surface area contributed by atoms with E-state index in [2.05, 4.69) is 5.32 Å². The molecule has 0 radical (unpaired) electrons. The van der Waals surface area contributed by atoms with Crippen molar-refractivity contribution in [3.8, 4) is 0 Å². The van der Waals surface area contributed by atoms with Crippen molar-refractivity contribution < 1.29 is 9.53 Å². The number of ether oxygens (including phenoxy) is 1. The van der Waals surface area contributed by atoms with Crippen molar-refractivity contribution in [1.82, 2.24) is 9.13 Å². The number of cyclic esters (lactones) is 1. The second-order valence-electron chi connectivity index (χ2n) is 6.41. The van der Waals surface area contributed by atoms with Crippen molar-refractivity contribution in [3.05, 3.63) is 73.1 Å². The van der Waals surface area contributed by atoms with Gasteiger partial charge in [-0.15, -0.1) is 0 Å². The molecule has 1 atom stereocenters. The van der Waals surface area contributed by atoms with Crippen molar-refractivity contribution in [1.29, 1.82) is 0 Å². The lowest BCUT2D eigenvalue weighted by Crippen LogP contribution is -2.43. The fourth-order valence-electron chi connectivity index (χ4n) is 3.47. The highest BCUT2D eigenvalue weighted by Gasteiger charge is 2.41. The average Bonchev–Trinajstić information content (AvgIpc) is 2.98. The van der Waals surface area contributed by atoms with E-state index in [0.717, 1.165) is 15.7 Å². The SMILES string of the molecule is Cc1ccc([C@H]2C3=C(COC3=O)Nc3c2c(=O)n(C)c(=O)n3C)cc1. The fraction of sp³-hybridized carbons (Fsp3) is 0.278. The highest BCUT2D eigenvalue weighted by atomic mass is 16.5. The summed E-state index contributed by atoms with van der Waals surface area (Å²) in [6.45, 7) is 2.08. The number of carbonyl (C=O) groups excluding carboxylic acids is 1. The zero-order valence-electron chi connectivity index (χ0n) is 14.1. The highest BCUT2D eigenvalue weighted by Crippen LogP contribution is 2.42. The molecule has 25 heavy (non-hydrogen) atoms. The van der Waals surface area contributed by atoms with Crippen LogP contribution < -0.4 is 16.6 Å². The van der Waals surface area contributed by atoms with Gasteiger partial charge in [-0.2, -0.15) is 0 Å². The molecule has 128 valence electrons. The van der Waals surface area contributed by atoms with E-state index in [1.165, 1.54) is 11.6 Å². The molecule has 0 amide bonds. The Morgan fingerprint density at radius 1 is 1.08 bits per heavy atom. The molecule has 0 bridgehead atoms. The number of hydrogen-bond donors (Lipinski definition) is 1. The minimum Gasteiger partial charge on any atom is -0.456 e. The normalized spacial score (nSPS) is 18.5. The zero-order valence-corrected chi connectivity index (χ0v) is 14.1. The van der Waals surface area contributed by atoms with Gasteiger partial charge in [-0.25, -0.2) is 9.59 Å². The third-order valence-corrected chi connectivity index (χ3v) is 4.85. The number of esters is 1. The monoisotopic (exact) mass is 339 g/mol. The Kier molecular flexibility index (Phi) is 3.21. The molecular formula is C18H17N3O4. The van der Waals surface area contributed by atoms with Crippen molar-refractivity contribution in [2.24, 2.45) is 14.1 Å². The van der Waals surface area contributed by atoms with Crippen molar-refractivity contribution >= 4 is 11.8 Å². The Labute approximate surface area is 143 Å². The quantitative estimate of drug-likeness (QED) is 0.776. The molecule has 0 saturated heterocycles. The Morgan fingerprint density at radius 2 is 1.76 bits per heavy atom. The fourth-order valence-corrected chi connectivity index (χ4v) is 3.47. The Bertz CT molecular complexity index is 1060. The van der Waals surface area contributed by atoms with Crippen LogP contribution in [0.15, 0.2) is 45.1 Å². The second kappa shape index (κ2) is 5.20. The maximum Gasteiger partial charge on any atom is 0.337 e. The third kappa shape index (κ3) is 2.08. The first-order valence-corrected chi connectivity index (χ1v) is 7.93. The number of rotatable bonds is 1. The summed E-state index contributed by atoms with van der Waals surface area (Å²) < 4.78 is 7.63. The van der Waals surface area contributed by atoms with Crippen LogP contribution in [0.5, 0.6) is 0 Å². The summed E-state index contributed by atoms with van der Waals surface area (Å²) in [5.41, 5.74) is 2.48. The van der Waals surface area contributed by atoms with E-state index in [1.807, 2.05) is 31.2 Å². The van der Waals surface area contributed by atoms with E-state index < -0.39 is 23.1 Å². The van der Waals surface area contributed by atoms with Crippen LogP contribution >= 0.6 is 0 Å². The van der Waals surface area contributed by atoms with E-state index in [0.29, 0.717) is 22.7 Å². The number of hydrogen-bond acceptors (Lipinski definition) is 5. The molecule has 0 fully saturated rings. The number of aromatic nitrogens is 2. The van der Waals surface area contributed by atoms with Crippen LogP contribution in [0.1, 0.15) is 22.6 Å². The van der Waals surface area contributed by atoms with Crippen LogP contribution in [0.25, 0.3) is 0 Å². The molecule has 1 aromatic carbocycles. The van der Waals surface area contributed by atoms with Gasteiger partial charge in [0, 0.05) is 14.1 Å². The third-order valence-electron chi connectivity index (χ3n) is 4.85. The predicted octanol–water partition coefficient (Wildman–Crippen LogP) is 0.761. The number of anilines is 1. The largest absolute Gasteiger partial charge is 0.456 e. The van der Waals surface area contributed by atoms with Gasteiger partial charge in [0.05, 0.1) is 22.8 Å². The van der Waals surface area contributed by atoms with Gasteiger partial charge in [0.2, 0.25) is 0 Å². The molecule has 1 aromatic heterocycles. The van der Waals surface area contributed by atoms with E-state index in [9.17, 15) is 14.4 Å². The average molecular weight is 339 g/mol. The van der Waals surface area contributed by atoms with Crippen molar-refractivity contribution in [3.63, 3.8) is 0 Å². The van der Waals surface area contributed by atoms with Crippen molar-refractivity contribution in [2.75, 3.05) is 11.9 Å². The number of carbonyl (C=O) groups is 1. The summed E-state index contributed by atoms with van der Waals surface area (Å²) in [5, 5.41) is 3.06. The predicted molar refractivity (Wildman–Crippen MR) is 91.6 cm³/mol. The lowest BCUT2D eigenvalue weighted by atomic mass is 9.82. The van der Waals surface area contributed by atoms with Gasteiger partial charge in [0.1, 0.15) is 12.4 Å². The minimum absolute atomic E-state index is 0.110. The second-order valence-corrected chi connectivity index (χ2v) is 6.41. The molecule has 3 heterocycles. The summed E-state index contributed by atoms with van der Waals surface area (Å²) in [6.07, 6.45) is 0. The lowest BCUT2D eigenvalue weighted by Gasteiger charge is -2.28. The molecule has 2 aliphatic rings. The van der Waals surface area contributed by atoms with Crippen molar-refractivity contribution in [2.45, 2.75) is 12.8 Å². The number of nitrogens with one attached hydrogen (secondary N) is 1.